The number of ether oxygens (including phenoxy) is 2. The molecule has 0 aliphatic carbocycles. The lowest BCUT2D eigenvalue weighted by atomic mass is 9.86. The maximum atomic E-state index is 5.86. The third kappa shape index (κ3) is 3.20. The van der Waals surface area contributed by atoms with Gasteiger partial charge in [0.1, 0.15) is 5.75 Å². The van der Waals surface area contributed by atoms with Crippen LogP contribution in [0.4, 0.5) is 0 Å². The average molecular weight is 293 g/mol. The van der Waals surface area contributed by atoms with Crippen LogP contribution in [0.5, 0.6) is 17.4 Å². The van der Waals surface area contributed by atoms with Crippen LogP contribution in [-0.4, -0.2) is 17.3 Å². The number of halogens is 1. The molecule has 0 fully saturated rings. The van der Waals surface area contributed by atoms with Crippen molar-refractivity contribution in [1.29, 1.82) is 0 Å². The Morgan fingerprint density at radius 3 is 2.40 bits per heavy atom. The van der Waals surface area contributed by atoms with Crippen LogP contribution < -0.4 is 9.47 Å². The minimum atomic E-state index is -0.0380. The van der Waals surface area contributed by atoms with Gasteiger partial charge < -0.3 is 9.47 Å². The lowest BCUT2D eigenvalue weighted by Gasteiger charge is -2.22. The number of hydrogen-bond donors (Lipinski definition) is 0. The van der Waals surface area contributed by atoms with Crippen LogP contribution in [0.1, 0.15) is 26.3 Å². The number of methoxy groups -OCH3 is 1. The molecule has 5 heteroatoms. The highest BCUT2D eigenvalue weighted by molar-refractivity contribution is 6.29. The van der Waals surface area contributed by atoms with Crippen LogP contribution in [0.15, 0.2) is 30.3 Å². The van der Waals surface area contributed by atoms with E-state index in [9.17, 15) is 0 Å². The quantitative estimate of drug-likeness (QED) is 0.849. The number of aromatic nitrogens is 2. The van der Waals surface area contributed by atoms with Gasteiger partial charge in [0.25, 0.3) is 5.88 Å². The zero-order valence-corrected chi connectivity index (χ0v) is 12.7. The molecule has 0 unspecified atom stereocenters. The van der Waals surface area contributed by atoms with Gasteiger partial charge in [0.15, 0.2) is 10.9 Å². The van der Waals surface area contributed by atoms with Crippen molar-refractivity contribution in [3.05, 3.63) is 41.0 Å². The number of rotatable bonds is 3. The van der Waals surface area contributed by atoms with Gasteiger partial charge in [0.05, 0.1) is 7.11 Å². The second-order valence-corrected chi connectivity index (χ2v) is 5.78. The predicted molar refractivity (Wildman–Crippen MR) is 78.8 cm³/mol. The Morgan fingerprint density at radius 2 is 1.75 bits per heavy atom. The SMILES string of the molecule is COc1cc(Cl)nnc1Oc1ccccc1C(C)(C)C. The molecule has 0 N–H and O–H groups in total. The van der Waals surface area contributed by atoms with E-state index in [0.29, 0.717) is 11.6 Å². The lowest BCUT2D eigenvalue weighted by Crippen LogP contribution is -2.12. The minimum Gasteiger partial charge on any atom is -0.491 e. The Morgan fingerprint density at radius 1 is 1.05 bits per heavy atom. The molecule has 0 atom stereocenters. The predicted octanol–water partition coefficient (Wildman–Crippen LogP) is 4.23. The molecule has 106 valence electrons. The Labute approximate surface area is 123 Å². The molecule has 0 saturated heterocycles. The van der Waals surface area contributed by atoms with Gasteiger partial charge in [0, 0.05) is 11.6 Å². The minimum absolute atomic E-state index is 0.0380. The van der Waals surface area contributed by atoms with E-state index in [-0.39, 0.29) is 10.6 Å². The van der Waals surface area contributed by atoms with E-state index in [4.69, 9.17) is 21.1 Å². The molecule has 0 bridgehead atoms. The summed E-state index contributed by atoms with van der Waals surface area (Å²) in [7, 11) is 1.54. The smallest absolute Gasteiger partial charge is 0.281 e. The van der Waals surface area contributed by atoms with E-state index in [1.165, 1.54) is 7.11 Å². The molecule has 0 radical (unpaired) electrons. The van der Waals surface area contributed by atoms with Gasteiger partial charge in [-0.25, -0.2) is 0 Å². The Balaban J connectivity index is 2.41. The summed E-state index contributed by atoms with van der Waals surface area (Å²) in [6, 6.07) is 9.41. The van der Waals surface area contributed by atoms with Crippen molar-refractivity contribution in [2.45, 2.75) is 26.2 Å². The fourth-order valence-electron chi connectivity index (χ4n) is 1.84. The highest BCUT2D eigenvalue weighted by atomic mass is 35.5. The zero-order valence-electron chi connectivity index (χ0n) is 12.0. The molecule has 1 aromatic heterocycles. The van der Waals surface area contributed by atoms with Gasteiger partial charge in [-0.1, -0.05) is 50.6 Å². The van der Waals surface area contributed by atoms with Gasteiger partial charge in [-0.15, -0.1) is 10.2 Å². The van der Waals surface area contributed by atoms with Crippen molar-refractivity contribution >= 4 is 11.6 Å². The zero-order chi connectivity index (χ0) is 14.8. The maximum Gasteiger partial charge on any atom is 0.281 e. The van der Waals surface area contributed by atoms with E-state index in [0.717, 1.165) is 11.3 Å². The van der Waals surface area contributed by atoms with Crippen molar-refractivity contribution in [3.63, 3.8) is 0 Å². The third-order valence-corrected chi connectivity index (χ3v) is 3.00. The highest BCUT2D eigenvalue weighted by Gasteiger charge is 2.20. The molecule has 1 heterocycles. The fraction of sp³-hybridized carbons (Fsp3) is 0.333. The van der Waals surface area contributed by atoms with Gasteiger partial charge in [-0.2, -0.15) is 0 Å². The van der Waals surface area contributed by atoms with Crippen LogP contribution in [-0.2, 0) is 5.41 Å². The maximum absolute atomic E-state index is 5.86. The summed E-state index contributed by atoms with van der Waals surface area (Å²) in [5.41, 5.74) is 1.04. The van der Waals surface area contributed by atoms with Crippen LogP contribution in [0.2, 0.25) is 5.15 Å². The summed E-state index contributed by atoms with van der Waals surface area (Å²) in [6.45, 7) is 6.37. The van der Waals surface area contributed by atoms with Crippen molar-refractivity contribution in [1.82, 2.24) is 10.2 Å². The van der Waals surface area contributed by atoms with Gasteiger partial charge >= 0.3 is 0 Å². The Kier molecular flexibility index (Phi) is 4.14. The first kappa shape index (κ1) is 14.6. The highest BCUT2D eigenvalue weighted by Crippen LogP contribution is 2.36. The molecule has 0 saturated carbocycles. The van der Waals surface area contributed by atoms with Crippen molar-refractivity contribution in [3.8, 4) is 17.4 Å². The van der Waals surface area contributed by atoms with E-state index >= 15 is 0 Å². The number of benzene rings is 1. The molecular weight excluding hydrogens is 276 g/mol. The van der Waals surface area contributed by atoms with E-state index in [1.807, 2.05) is 24.3 Å². The molecule has 0 aliphatic rings. The van der Waals surface area contributed by atoms with E-state index in [2.05, 4.69) is 31.0 Å². The fourth-order valence-corrected chi connectivity index (χ4v) is 1.97. The van der Waals surface area contributed by atoms with E-state index < -0.39 is 0 Å². The Hall–Kier alpha value is -1.81. The van der Waals surface area contributed by atoms with Gasteiger partial charge in [-0.05, 0) is 11.5 Å². The summed E-state index contributed by atoms with van der Waals surface area (Å²) in [6.07, 6.45) is 0. The lowest BCUT2D eigenvalue weighted by molar-refractivity contribution is 0.361. The van der Waals surface area contributed by atoms with Crippen molar-refractivity contribution in [2.24, 2.45) is 0 Å². The number of nitrogens with zero attached hydrogens (tertiary/aromatic N) is 2. The topological polar surface area (TPSA) is 44.2 Å². The van der Waals surface area contributed by atoms with Gasteiger partial charge in [-0.3, -0.25) is 0 Å². The van der Waals surface area contributed by atoms with Crippen molar-refractivity contribution in [2.75, 3.05) is 7.11 Å². The first-order chi connectivity index (χ1) is 9.41. The van der Waals surface area contributed by atoms with Crippen LogP contribution >= 0.6 is 11.6 Å². The molecule has 2 aromatic rings. The second kappa shape index (κ2) is 5.67. The normalized spacial score (nSPS) is 11.2. The molecule has 0 aliphatic heterocycles. The Bertz CT molecular complexity index is 609. The summed E-state index contributed by atoms with van der Waals surface area (Å²) in [4.78, 5) is 0. The molecule has 1 aromatic carbocycles. The molecular formula is C15H17ClN2O2. The third-order valence-electron chi connectivity index (χ3n) is 2.82. The van der Waals surface area contributed by atoms with Crippen LogP contribution in [0, 0.1) is 0 Å². The summed E-state index contributed by atoms with van der Waals surface area (Å²) < 4.78 is 11.1. The average Bonchev–Trinajstić information content (AvgIpc) is 2.40. The number of hydrogen-bond acceptors (Lipinski definition) is 4. The first-order valence-electron chi connectivity index (χ1n) is 6.26. The van der Waals surface area contributed by atoms with Gasteiger partial charge in [0.2, 0.25) is 0 Å². The molecule has 20 heavy (non-hydrogen) atoms. The van der Waals surface area contributed by atoms with Crippen LogP contribution in [0.3, 0.4) is 0 Å². The number of para-hydroxylation sites is 1. The monoisotopic (exact) mass is 292 g/mol. The standard InChI is InChI=1S/C15H17ClN2O2/c1-15(2,3)10-7-5-6-8-11(10)20-14-12(19-4)9-13(16)17-18-14/h5-9H,1-4H3. The largest absolute Gasteiger partial charge is 0.491 e. The molecule has 4 nitrogen and oxygen atoms in total. The molecule has 0 spiro atoms. The molecule has 0 amide bonds. The summed E-state index contributed by atoms with van der Waals surface area (Å²) >= 11 is 5.79. The molecule has 2 rings (SSSR count). The first-order valence-corrected chi connectivity index (χ1v) is 6.64. The van der Waals surface area contributed by atoms with Crippen molar-refractivity contribution < 1.29 is 9.47 Å². The van der Waals surface area contributed by atoms with E-state index in [1.54, 1.807) is 6.07 Å². The summed E-state index contributed by atoms with van der Waals surface area (Å²) in [5, 5.41) is 7.99. The second-order valence-electron chi connectivity index (χ2n) is 5.39. The van der Waals surface area contributed by atoms with Crippen LogP contribution in [0.25, 0.3) is 0 Å². The summed E-state index contributed by atoms with van der Waals surface area (Å²) in [5.74, 6) is 1.48.